The predicted octanol–water partition coefficient (Wildman–Crippen LogP) is 4.35. The van der Waals surface area contributed by atoms with Crippen molar-refractivity contribution in [2.45, 2.75) is 117 Å². The first-order chi connectivity index (χ1) is 11.1. The Kier molecular flexibility index (Phi) is 22.0. The molecule has 0 fully saturated rings. The average molecular weight is 407 g/mol. The molecule has 0 amide bonds. The molecule has 0 saturated heterocycles. The lowest BCUT2D eigenvalue weighted by molar-refractivity contribution is -0.890. The second-order valence-electron chi connectivity index (χ2n) is 8.33. The molecule has 0 atom stereocenters. The molecular formula is C22H48BrN. The van der Waals surface area contributed by atoms with Crippen LogP contribution in [-0.2, 0) is 0 Å². The molecule has 0 saturated carbocycles. The van der Waals surface area contributed by atoms with E-state index in [2.05, 4.69) is 27.9 Å². The zero-order chi connectivity index (χ0) is 17.2. The van der Waals surface area contributed by atoms with Gasteiger partial charge in [-0.05, 0) is 25.7 Å². The minimum atomic E-state index is 0. The van der Waals surface area contributed by atoms with Crippen molar-refractivity contribution in [3.8, 4) is 0 Å². The van der Waals surface area contributed by atoms with Crippen LogP contribution < -0.4 is 17.0 Å². The molecule has 0 unspecified atom stereocenters. The fraction of sp³-hybridized carbons (Fsp3) is 1.00. The van der Waals surface area contributed by atoms with Crippen molar-refractivity contribution in [3.05, 3.63) is 0 Å². The summed E-state index contributed by atoms with van der Waals surface area (Å²) in [6.45, 7) is 7.36. The smallest absolute Gasteiger partial charge is 0.0782 e. The minimum absolute atomic E-state index is 0. The third-order valence-corrected chi connectivity index (χ3v) is 5.23. The minimum Gasteiger partial charge on any atom is -1.00 e. The van der Waals surface area contributed by atoms with Crippen molar-refractivity contribution in [1.29, 1.82) is 0 Å². The molecule has 0 rings (SSSR count). The molecule has 0 N–H and O–H groups in total. The van der Waals surface area contributed by atoms with Gasteiger partial charge in [-0.1, -0.05) is 90.9 Å². The third-order valence-electron chi connectivity index (χ3n) is 5.23. The first-order valence-corrected chi connectivity index (χ1v) is 10.9. The van der Waals surface area contributed by atoms with Crippen molar-refractivity contribution < 1.29 is 21.5 Å². The second kappa shape index (κ2) is 19.8. The van der Waals surface area contributed by atoms with Gasteiger partial charge < -0.3 is 21.5 Å². The third kappa shape index (κ3) is 20.5. The van der Waals surface area contributed by atoms with Crippen LogP contribution in [0.1, 0.15) is 117 Å². The maximum Gasteiger partial charge on any atom is 0.0782 e. The van der Waals surface area contributed by atoms with E-state index in [4.69, 9.17) is 0 Å². The normalized spacial score (nSPS) is 11.5. The quantitative estimate of drug-likeness (QED) is 0.235. The van der Waals surface area contributed by atoms with Gasteiger partial charge in [0.05, 0.1) is 27.2 Å². The number of hydrogen-bond acceptors (Lipinski definition) is 0. The summed E-state index contributed by atoms with van der Waals surface area (Å²) in [5.41, 5.74) is 0. The molecule has 0 spiro atoms. The van der Waals surface area contributed by atoms with Crippen molar-refractivity contribution in [2.75, 3.05) is 27.2 Å². The molecule has 0 heterocycles. The fourth-order valence-electron chi connectivity index (χ4n) is 3.46. The van der Waals surface area contributed by atoms with Gasteiger partial charge in [-0.25, -0.2) is 0 Å². The summed E-state index contributed by atoms with van der Waals surface area (Å²) in [5.74, 6) is 0. The molecule has 0 aromatic heterocycles. The molecule has 24 heavy (non-hydrogen) atoms. The van der Waals surface area contributed by atoms with Gasteiger partial charge in [0.1, 0.15) is 0 Å². The van der Waals surface area contributed by atoms with Crippen LogP contribution in [0.25, 0.3) is 0 Å². The van der Waals surface area contributed by atoms with E-state index in [-0.39, 0.29) is 17.0 Å². The number of hydrogen-bond donors (Lipinski definition) is 0. The summed E-state index contributed by atoms with van der Waals surface area (Å²) in [6.07, 6.45) is 23.0. The van der Waals surface area contributed by atoms with Gasteiger partial charge in [0, 0.05) is 0 Å². The molecule has 0 aromatic rings. The van der Waals surface area contributed by atoms with Gasteiger partial charge in [-0.3, -0.25) is 0 Å². The van der Waals surface area contributed by atoms with Gasteiger partial charge in [0.2, 0.25) is 0 Å². The molecule has 2 heteroatoms. The van der Waals surface area contributed by atoms with Gasteiger partial charge in [0.25, 0.3) is 0 Å². The van der Waals surface area contributed by atoms with Gasteiger partial charge in [-0.2, -0.15) is 0 Å². The largest absolute Gasteiger partial charge is 1.00 e. The maximum atomic E-state index is 2.43. The lowest BCUT2D eigenvalue weighted by atomic mass is 10.1. The SMILES string of the molecule is CCCCCCCCCCCC[N+](C)(C)CCCCCCCC.[Br-]. The van der Waals surface area contributed by atoms with Crippen molar-refractivity contribution in [1.82, 2.24) is 0 Å². The number of nitrogens with zero attached hydrogens (tertiary/aromatic N) is 1. The van der Waals surface area contributed by atoms with Crippen LogP contribution in [0, 0.1) is 0 Å². The fourth-order valence-corrected chi connectivity index (χ4v) is 3.46. The summed E-state index contributed by atoms with van der Waals surface area (Å²) in [5, 5.41) is 0. The van der Waals surface area contributed by atoms with E-state index in [1.165, 1.54) is 120 Å². The Hall–Kier alpha value is 0.440. The van der Waals surface area contributed by atoms with E-state index in [1.807, 2.05) is 0 Å². The highest BCUT2D eigenvalue weighted by Gasteiger charge is 2.13. The van der Waals surface area contributed by atoms with Crippen molar-refractivity contribution in [3.63, 3.8) is 0 Å². The molecule has 148 valence electrons. The van der Waals surface area contributed by atoms with E-state index in [0.717, 1.165) is 0 Å². The highest BCUT2D eigenvalue weighted by molar-refractivity contribution is 4.48. The molecule has 0 bridgehead atoms. The summed E-state index contributed by atoms with van der Waals surface area (Å²) < 4.78 is 1.24. The van der Waals surface area contributed by atoms with Crippen LogP contribution in [0.3, 0.4) is 0 Å². The predicted molar refractivity (Wildman–Crippen MR) is 107 cm³/mol. The Balaban J connectivity index is 0. The monoisotopic (exact) mass is 405 g/mol. The van der Waals surface area contributed by atoms with E-state index in [0.29, 0.717) is 0 Å². The number of halogens is 1. The lowest BCUT2D eigenvalue weighted by Gasteiger charge is -2.30. The Morgan fingerprint density at radius 1 is 0.417 bits per heavy atom. The van der Waals surface area contributed by atoms with E-state index < -0.39 is 0 Å². The molecule has 0 aliphatic rings. The summed E-state index contributed by atoms with van der Waals surface area (Å²) in [6, 6.07) is 0. The molecule has 0 aromatic carbocycles. The van der Waals surface area contributed by atoms with Crippen molar-refractivity contribution >= 4 is 0 Å². The molecule has 0 radical (unpaired) electrons. The summed E-state index contributed by atoms with van der Waals surface area (Å²) in [7, 11) is 4.86. The summed E-state index contributed by atoms with van der Waals surface area (Å²) in [4.78, 5) is 0. The Morgan fingerprint density at radius 3 is 0.958 bits per heavy atom. The van der Waals surface area contributed by atoms with E-state index >= 15 is 0 Å². The molecular weight excluding hydrogens is 358 g/mol. The highest BCUT2D eigenvalue weighted by Crippen LogP contribution is 2.13. The zero-order valence-corrected chi connectivity index (χ0v) is 19.1. The first-order valence-electron chi connectivity index (χ1n) is 10.9. The molecule has 1 nitrogen and oxygen atoms in total. The second-order valence-corrected chi connectivity index (χ2v) is 8.33. The van der Waals surface area contributed by atoms with E-state index in [9.17, 15) is 0 Å². The highest BCUT2D eigenvalue weighted by atomic mass is 79.9. The van der Waals surface area contributed by atoms with Crippen LogP contribution in [0.2, 0.25) is 0 Å². The van der Waals surface area contributed by atoms with Crippen molar-refractivity contribution in [2.24, 2.45) is 0 Å². The lowest BCUT2D eigenvalue weighted by Crippen LogP contribution is -3.00. The van der Waals surface area contributed by atoms with Gasteiger partial charge in [-0.15, -0.1) is 0 Å². The van der Waals surface area contributed by atoms with E-state index in [1.54, 1.807) is 0 Å². The summed E-state index contributed by atoms with van der Waals surface area (Å²) >= 11 is 0. The maximum absolute atomic E-state index is 2.43. The van der Waals surface area contributed by atoms with Crippen LogP contribution in [0.5, 0.6) is 0 Å². The topological polar surface area (TPSA) is 0 Å². The number of rotatable bonds is 18. The van der Waals surface area contributed by atoms with Crippen LogP contribution in [-0.4, -0.2) is 31.7 Å². The molecule has 0 aliphatic carbocycles. The zero-order valence-electron chi connectivity index (χ0n) is 17.6. The van der Waals surface area contributed by atoms with Crippen LogP contribution >= 0.6 is 0 Å². The van der Waals surface area contributed by atoms with Crippen LogP contribution in [0.15, 0.2) is 0 Å². The standard InChI is InChI=1S/C22H48N.BrH/c1-5-7-9-11-13-14-15-16-18-20-22-23(3,4)21-19-17-12-10-8-6-2;/h5-22H2,1-4H3;1H/q+1;/p-1. The Labute approximate surface area is 165 Å². The van der Waals surface area contributed by atoms with Crippen LogP contribution in [0.4, 0.5) is 0 Å². The number of unbranched alkanes of at least 4 members (excludes halogenated alkanes) is 14. The Morgan fingerprint density at radius 2 is 0.667 bits per heavy atom. The number of quaternary nitrogens is 1. The Bertz CT molecular complexity index is 228. The first kappa shape index (κ1) is 26.7. The average Bonchev–Trinajstić information content (AvgIpc) is 2.52. The van der Waals surface area contributed by atoms with Gasteiger partial charge >= 0.3 is 0 Å². The van der Waals surface area contributed by atoms with Gasteiger partial charge in [0.15, 0.2) is 0 Å². The molecule has 0 aliphatic heterocycles.